The SMILES string of the molecule is CC(C)NCc1cccn1Cc1nnn(C)n1. The molecule has 2 heterocycles. The highest BCUT2D eigenvalue weighted by atomic mass is 15.6. The lowest BCUT2D eigenvalue weighted by Gasteiger charge is -2.10. The van der Waals surface area contributed by atoms with Crippen molar-refractivity contribution >= 4 is 0 Å². The zero-order valence-electron chi connectivity index (χ0n) is 10.5. The third-order valence-corrected chi connectivity index (χ3v) is 2.48. The smallest absolute Gasteiger partial charge is 0.194 e. The Bertz CT molecular complexity index is 470. The molecular formula is C11H18N6. The quantitative estimate of drug-likeness (QED) is 0.821. The molecule has 0 aromatic carbocycles. The maximum atomic E-state index is 4.18. The molecule has 0 atom stereocenters. The highest BCUT2D eigenvalue weighted by molar-refractivity contribution is 5.08. The molecule has 0 amide bonds. The van der Waals surface area contributed by atoms with Crippen molar-refractivity contribution in [2.75, 3.05) is 0 Å². The summed E-state index contributed by atoms with van der Waals surface area (Å²) < 4.78 is 2.13. The van der Waals surface area contributed by atoms with Crippen molar-refractivity contribution in [2.45, 2.75) is 33.0 Å². The van der Waals surface area contributed by atoms with Gasteiger partial charge in [-0.05, 0) is 17.3 Å². The molecular weight excluding hydrogens is 216 g/mol. The lowest BCUT2D eigenvalue weighted by Crippen LogP contribution is -2.23. The standard InChI is InChI=1S/C11H18N6/c1-9(2)12-7-10-5-4-6-17(10)8-11-13-15-16(3)14-11/h4-6,9,12H,7-8H2,1-3H3. The van der Waals surface area contributed by atoms with Gasteiger partial charge in [-0.3, -0.25) is 0 Å². The lowest BCUT2D eigenvalue weighted by atomic mass is 10.3. The fourth-order valence-electron chi connectivity index (χ4n) is 1.61. The highest BCUT2D eigenvalue weighted by Crippen LogP contribution is 2.04. The van der Waals surface area contributed by atoms with Gasteiger partial charge in [-0.2, -0.15) is 4.80 Å². The first-order valence-electron chi connectivity index (χ1n) is 5.75. The second kappa shape index (κ2) is 5.09. The zero-order chi connectivity index (χ0) is 12.3. The van der Waals surface area contributed by atoms with Crippen LogP contribution in [0.1, 0.15) is 25.4 Å². The zero-order valence-corrected chi connectivity index (χ0v) is 10.5. The van der Waals surface area contributed by atoms with Gasteiger partial charge in [0.2, 0.25) is 0 Å². The molecule has 0 fully saturated rings. The fourth-order valence-corrected chi connectivity index (χ4v) is 1.61. The summed E-state index contributed by atoms with van der Waals surface area (Å²) in [6.07, 6.45) is 2.04. The monoisotopic (exact) mass is 234 g/mol. The van der Waals surface area contributed by atoms with Crippen LogP contribution in [0.3, 0.4) is 0 Å². The first kappa shape index (κ1) is 11.8. The minimum atomic E-state index is 0.480. The van der Waals surface area contributed by atoms with Gasteiger partial charge in [-0.1, -0.05) is 13.8 Å². The van der Waals surface area contributed by atoms with E-state index in [1.165, 1.54) is 10.5 Å². The molecule has 0 saturated carbocycles. The second-order valence-corrected chi connectivity index (χ2v) is 4.36. The molecule has 0 aliphatic rings. The summed E-state index contributed by atoms with van der Waals surface area (Å²) in [4.78, 5) is 1.48. The Morgan fingerprint density at radius 3 is 2.88 bits per heavy atom. The number of rotatable bonds is 5. The van der Waals surface area contributed by atoms with Gasteiger partial charge in [0.05, 0.1) is 13.6 Å². The fraction of sp³-hybridized carbons (Fsp3) is 0.545. The molecule has 2 aromatic rings. The van der Waals surface area contributed by atoms with Gasteiger partial charge >= 0.3 is 0 Å². The van der Waals surface area contributed by atoms with E-state index in [0.717, 1.165) is 12.4 Å². The van der Waals surface area contributed by atoms with Crippen molar-refractivity contribution in [2.24, 2.45) is 7.05 Å². The topological polar surface area (TPSA) is 60.6 Å². The summed E-state index contributed by atoms with van der Waals surface area (Å²) in [5, 5.41) is 15.4. The number of tetrazole rings is 1. The Morgan fingerprint density at radius 1 is 1.41 bits per heavy atom. The van der Waals surface area contributed by atoms with Crippen molar-refractivity contribution in [1.82, 2.24) is 30.1 Å². The minimum Gasteiger partial charge on any atom is -0.342 e. The van der Waals surface area contributed by atoms with E-state index in [9.17, 15) is 0 Å². The average molecular weight is 234 g/mol. The van der Waals surface area contributed by atoms with Gasteiger partial charge in [0, 0.05) is 24.5 Å². The van der Waals surface area contributed by atoms with Crippen molar-refractivity contribution in [3.8, 4) is 0 Å². The van der Waals surface area contributed by atoms with Crippen molar-refractivity contribution in [3.63, 3.8) is 0 Å². The van der Waals surface area contributed by atoms with Crippen LogP contribution in [0.2, 0.25) is 0 Å². The van der Waals surface area contributed by atoms with Crippen LogP contribution in [-0.4, -0.2) is 30.8 Å². The van der Waals surface area contributed by atoms with E-state index >= 15 is 0 Å². The Kier molecular flexibility index (Phi) is 3.53. The minimum absolute atomic E-state index is 0.480. The normalized spacial score (nSPS) is 11.3. The average Bonchev–Trinajstić information content (AvgIpc) is 2.86. The predicted octanol–water partition coefficient (Wildman–Crippen LogP) is 0.558. The number of aromatic nitrogens is 5. The lowest BCUT2D eigenvalue weighted by molar-refractivity contribution is 0.560. The van der Waals surface area contributed by atoms with Crippen LogP contribution in [0.15, 0.2) is 18.3 Å². The largest absolute Gasteiger partial charge is 0.342 e. The van der Waals surface area contributed by atoms with Crippen LogP contribution in [0.4, 0.5) is 0 Å². The molecule has 1 N–H and O–H groups in total. The van der Waals surface area contributed by atoms with E-state index in [4.69, 9.17) is 0 Å². The van der Waals surface area contributed by atoms with Crippen LogP contribution in [0.25, 0.3) is 0 Å². The molecule has 0 radical (unpaired) electrons. The summed E-state index contributed by atoms with van der Waals surface area (Å²) in [7, 11) is 1.77. The maximum absolute atomic E-state index is 4.18. The van der Waals surface area contributed by atoms with E-state index in [1.54, 1.807) is 7.05 Å². The Morgan fingerprint density at radius 2 is 2.24 bits per heavy atom. The van der Waals surface area contributed by atoms with E-state index in [0.29, 0.717) is 12.6 Å². The summed E-state index contributed by atoms with van der Waals surface area (Å²) in [5.74, 6) is 0.731. The summed E-state index contributed by atoms with van der Waals surface area (Å²) >= 11 is 0. The van der Waals surface area contributed by atoms with Crippen LogP contribution in [-0.2, 0) is 20.1 Å². The molecule has 0 unspecified atom stereocenters. The predicted molar refractivity (Wildman–Crippen MR) is 64.3 cm³/mol. The molecule has 6 nitrogen and oxygen atoms in total. The third kappa shape index (κ3) is 3.13. The van der Waals surface area contributed by atoms with Crippen LogP contribution >= 0.6 is 0 Å². The van der Waals surface area contributed by atoms with E-state index in [1.807, 2.05) is 12.3 Å². The summed E-state index contributed by atoms with van der Waals surface area (Å²) in [6, 6.07) is 4.62. The first-order chi connectivity index (χ1) is 8.15. The van der Waals surface area contributed by atoms with Gasteiger partial charge in [-0.25, -0.2) is 0 Å². The van der Waals surface area contributed by atoms with Gasteiger partial charge in [0.15, 0.2) is 5.82 Å². The molecule has 0 saturated heterocycles. The van der Waals surface area contributed by atoms with Crippen LogP contribution < -0.4 is 5.32 Å². The number of nitrogens with zero attached hydrogens (tertiary/aromatic N) is 5. The van der Waals surface area contributed by atoms with E-state index in [-0.39, 0.29) is 0 Å². The van der Waals surface area contributed by atoms with Gasteiger partial charge in [0.25, 0.3) is 0 Å². The molecule has 6 heteroatoms. The van der Waals surface area contributed by atoms with Gasteiger partial charge < -0.3 is 9.88 Å². The Hall–Kier alpha value is -1.69. The molecule has 2 rings (SSSR count). The number of nitrogens with one attached hydrogen (secondary N) is 1. The van der Waals surface area contributed by atoms with Gasteiger partial charge in [0.1, 0.15) is 0 Å². The molecule has 0 spiro atoms. The van der Waals surface area contributed by atoms with Crippen molar-refractivity contribution < 1.29 is 0 Å². The van der Waals surface area contributed by atoms with Crippen molar-refractivity contribution in [3.05, 3.63) is 29.8 Å². The molecule has 17 heavy (non-hydrogen) atoms. The van der Waals surface area contributed by atoms with Crippen LogP contribution in [0.5, 0.6) is 0 Å². The Balaban J connectivity index is 2.03. The first-order valence-corrected chi connectivity index (χ1v) is 5.75. The van der Waals surface area contributed by atoms with Crippen LogP contribution in [0, 0.1) is 0 Å². The molecule has 92 valence electrons. The number of hydrogen-bond donors (Lipinski definition) is 1. The second-order valence-electron chi connectivity index (χ2n) is 4.36. The summed E-state index contributed by atoms with van der Waals surface area (Å²) in [5.41, 5.74) is 1.23. The highest BCUT2D eigenvalue weighted by Gasteiger charge is 2.05. The van der Waals surface area contributed by atoms with E-state index in [2.05, 4.69) is 45.2 Å². The molecule has 0 bridgehead atoms. The molecule has 0 aliphatic carbocycles. The van der Waals surface area contributed by atoms with Crippen molar-refractivity contribution in [1.29, 1.82) is 0 Å². The molecule has 2 aromatic heterocycles. The number of aryl methyl sites for hydroxylation is 1. The maximum Gasteiger partial charge on any atom is 0.194 e. The Labute approximate surface area is 101 Å². The van der Waals surface area contributed by atoms with Gasteiger partial charge in [-0.15, -0.1) is 10.2 Å². The van der Waals surface area contributed by atoms with E-state index < -0.39 is 0 Å². The number of hydrogen-bond acceptors (Lipinski definition) is 4. The third-order valence-electron chi connectivity index (χ3n) is 2.48. The summed E-state index contributed by atoms with van der Waals surface area (Å²) in [6.45, 7) is 5.79. The molecule has 0 aliphatic heterocycles.